The SMILES string of the molecule is CCN(CC)C(=O)[C@@H]1C=C2c3cccc4[nH]cc(c34)C[C@@]2(N)N(C)C1. The number of rotatable bonds is 3. The van der Waals surface area contributed by atoms with Crippen LogP contribution in [-0.2, 0) is 11.2 Å². The normalized spacial score (nSPS) is 25.6. The van der Waals surface area contributed by atoms with Gasteiger partial charge in [0.25, 0.3) is 0 Å². The highest BCUT2D eigenvalue weighted by atomic mass is 16.2. The summed E-state index contributed by atoms with van der Waals surface area (Å²) in [6.45, 7) is 6.20. The summed E-state index contributed by atoms with van der Waals surface area (Å²) in [7, 11) is 2.04. The molecular formula is C20H26N4O. The Labute approximate surface area is 148 Å². The third kappa shape index (κ3) is 2.26. The molecule has 0 bridgehead atoms. The van der Waals surface area contributed by atoms with Crippen molar-refractivity contribution in [2.24, 2.45) is 11.7 Å². The smallest absolute Gasteiger partial charge is 0.230 e. The summed E-state index contributed by atoms with van der Waals surface area (Å²) in [5.74, 6) is 0.0470. The Morgan fingerprint density at radius 1 is 1.40 bits per heavy atom. The average molecular weight is 338 g/mol. The molecule has 0 spiro atoms. The van der Waals surface area contributed by atoms with E-state index in [4.69, 9.17) is 5.73 Å². The monoisotopic (exact) mass is 338 g/mol. The number of fused-ring (bicyclic) bond motifs is 2. The first kappa shape index (κ1) is 16.4. The highest BCUT2D eigenvalue weighted by Gasteiger charge is 2.45. The summed E-state index contributed by atoms with van der Waals surface area (Å²) in [6.07, 6.45) is 4.96. The van der Waals surface area contributed by atoms with Crippen LogP contribution in [0.25, 0.3) is 16.5 Å². The minimum absolute atomic E-state index is 0.146. The summed E-state index contributed by atoms with van der Waals surface area (Å²) in [4.78, 5) is 20.3. The van der Waals surface area contributed by atoms with E-state index < -0.39 is 5.66 Å². The van der Waals surface area contributed by atoms with Gasteiger partial charge in [0, 0.05) is 43.2 Å². The van der Waals surface area contributed by atoms with Gasteiger partial charge in [-0.25, -0.2) is 0 Å². The Morgan fingerprint density at radius 3 is 2.88 bits per heavy atom. The molecule has 5 heteroatoms. The quantitative estimate of drug-likeness (QED) is 0.902. The molecule has 4 rings (SSSR count). The lowest BCUT2D eigenvalue weighted by molar-refractivity contribution is -0.134. The molecule has 5 nitrogen and oxygen atoms in total. The van der Waals surface area contributed by atoms with Crippen LogP contribution < -0.4 is 5.73 Å². The van der Waals surface area contributed by atoms with Crippen LogP contribution in [0.2, 0.25) is 0 Å². The fourth-order valence-electron chi connectivity index (χ4n) is 4.44. The number of benzene rings is 1. The molecule has 1 aliphatic carbocycles. The van der Waals surface area contributed by atoms with Gasteiger partial charge in [-0.15, -0.1) is 0 Å². The summed E-state index contributed by atoms with van der Waals surface area (Å²) < 4.78 is 0. The van der Waals surface area contributed by atoms with Crippen molar-refractivity contribution in [3.8, 4) is 0 Å². The Kier molecular flexibility index (Phi) is 3.74. The minimum atomic E-state index is -0.552. The van der Waals surface area contributed by atoms with Crippen LogP contribution >= 0.6 is 0 Å². The lowest BCUT2D eigenvalue weighted by Crippen LogP contribution is -2.61. The van der Waals surface area contributed by atoms with E-state index in [-0.39, 0.29) is 11.8 Å². The number of likely N-dealkylation sites (N-methyl/N-ethyl adjacent to an activating group) is 1. The van der Waals surface area contributed by atoms with Gasteiger partial charge in [0.1, 0.15) is 0 Å². The van der Waals surface area contributed by atoms with Gasteiger partial charge in [-0.1, -0.05) is 18.2 Å². The highest BCUT2D eigenvalue weighted by Crippen LogP contribution is 2.44. The minimum Gasteiger partial charge on any atom is -0.361 e. The number of carbonyl (C=O) groups excluding carboxylic acids is 1. The molecule has 0 unspecified atom stereocenters. The molecule has 2 heterocycles. The Balaban J connectivity index is 1.86. The van der Waals surface area contributed by atoms with Gasteiger partial charge in [0.2, 0.25) is 5.91 Å². The molecule has 1 aromatic heterocycles. The number of aromatic amines is 1. The zero-order valence-corrected chi connectivity index (χ0v) is 15.2. The lowest BCUT2D eigenvalue weighted by Gasteiger charge is -2.48. The molecule has 1 aromatic carbocycles. The van der Waals surface area contributed by atoms with Crippen molar-refractivity contribution in [2.75, 3.05) is 26.7 Å². The number of amides is 1. The first-order valence-corrected chi connectivity index (χ1v) is 9.10. The van der Waals surface area contributed by atoms with Crippen molar-refractivity contribution in [2.45, 2.75) is 25.9 Å². The molecule has 0 fully saturated rings. The third-order valence-corrected chi connectivity index (χ3v) is 5.92. The fraction of sp³-hybridized carbons (Fsp3) is 0.450. The Bertz CT molecular complexity index is 864. The first-order valence-electron chi connectivity index (χ1n) is 9.10. The molecular weight excluding hydrogens is 312 g/mol. The van der Waals surface area contributed by atoms with Crippen LogP contribution in [0.3, 0.4) is 0 Å². The van der Waals surface area contributed by atoms with Crippen LogP contribution in [0, 0.1) is 5.92 Å². The zero-order chi connectivity index (χ0) is 17.8. The second-order valence-corrected chi connectivity index (χ2v) is 7.22. The largest absolute Gasteiger partial charge is 0.361 e. The molecule has 2 aromatic rings. The van der Waals surface area contributed by atoms with Crippen molar-refractivity contribution >= 4 is 22.4 Å². The number of carbonyl (C=O) groups is 1. The second-order valence-electron chi connectivity index (χ2n) is 7.22. The van der Waals surface area contributed by atoms with Crippen molar-refractivity contribution in [1.29, 1.82) is 0 Å². The van der Waals surface area contributed by atoms with E-state index in [1.54, 1.807) is 0 Å². The third-order valence-electron chi connectivity index (χ3n) is 5.92. The number of nitrogens with two attached hydrogens (primary N) is 1. The summed E-state index contributed by atoms with van der Waals surface area (Å²) in [5.41, 5.74) is 11.0. The van der Waals surface area contributed by atoms with E-state index in [2.05, 4.69) is 40.4 Å². The standard InChI is InChI=1S/C20H26N4O/c1-4-24(5-2)19(25)13-9-16-15-7-6-8-17-18(15)14(11-22-17)10-20(16,21)23(3)12-13/h6-9,11,13,22H,4-5,10,12,21H2,1-3H3/t13-,20-/m1/s1. The summed E-state index contributed by atoms with van der Waals surface area (Å²) in [6, 6.07) is 6.28. The molecule has 0 saturated heterocycles. The van der Waals surface area contributed by atoms with Gasteiger partial charge in [0.05, 0.1) is 11.6 Å². The van der Waals surface area contributed by atoms with Gasteiger partial charge >= 0.3 is 0 Å². The van der Waals surface area contributed by atoms with Gasteiger partial charge in [0.15, 0.2) is 0 Å². The second kappa shape index (κ2) is 5.71. The van der Waals surface area contributed by atoms with Gasteiger partial charge in [-0.05, 0) is 43.7 Å². The number of nitrogens with zero attached hydrogens (tertiary/aromatic N) is 2. The molecule has 2 atom stereocenters. The van der Waals surface area contributed by atoms with Crippen LogP contribution in [0.15, 0.2) is 30.5 Å². The molecule has 132 valence electrons. The molecule has 25 heavy (non-hydrogen) atoms. The maximum Gasteiger partial charge on any atom is 0.230 e. The summed E-state index contributed by atoms with van der Waals surface area (Å²) in [5, 5.41) is 1.25. The van der Waals surface area contributed by atoms with Crippen LogP contribution in [0.1, 0.15) is 25.0 Å². The zero-order valence-electron chi connectivity index (χ0n) is 15.2. The Hall–Kier alpha value is -2.11. The predicted molar refractivity (Wildman–Crippen MR) is 101 cm³/mol. The molecule has 1 aliphatic heterocycles. The van der Waals surface area contributed by atoms with Crippen LogP contribution in [0.4, 0.5) is 0 Å². The van der Waals surface area contributed by atoms with Gasteiger partial charge in [-0.2, -0.15) is 0 Å². The van der Waals surface area contributed by atoms with Crippen molar-refractivity contribution in [3.63, 3.8) is 0 Å². The number of H-pyrrole nitrogens is 1. The molecule has 0 radical (unpaired) electrons. The van der Waals surface area contributed by atoms with E-state index in [1.165, 1.54) is 10.9 Å². The van der Waals surface area contributed by atoms with Crippen molar-refractivity contribution in [1.82, 2.24) is 14.8 Å². The number of hydrogen-bond donors (Lipinski definition) is 2. The topological polar surface area (TPSA) is 65.4 Å². The highest BCUT2D eigenvalue weighted by molar-refractivity contribution is 6.00. The van der Waals surface area contributed by atoms with E-state index in [1.807, 2.05) is 25.8 Å². The van der Waals surface area contributed by atoms with E-state index in [0.29, 0.717) is 6.54 Å². The van der Waals surface area contributed by atoms with Crippen molar-refractivity contribution < 1.29 is 4.79 Å². The maximum absolute atomic E-state index is 12.9. The molecule has 1 amide bonds. The maximum atomic E-state index is 12.9. The number of hydrogen-bond acceptors (Lipinski definition) is 3. The summed E-state index contributed by atoms with van der Waals surface area (Å²) >= 11 is 0. The van der Waals surface area contributed by atoms with Crippen LogP contribution in [0.5, 0.6) is 0 Å². The van der Waals surface area contributed by atoms with E-state index in [9.17, 15) is 4.79 Å². The Morgan fingerprint density at radius 2 is 2.16 bits per heavy atom. The molecule has 3 N–H and O–H groups in total. The number of nitrogens with one attached hydrogen (secondary N) is 1. The van der Waals surface area contributed by atoms with Crippen LogP contribution in [-0.4, -0.2) is 53.0 Å². The van der Waals surface area contributed by atoms with Gasteiger partial charge < -0.3 is 15.6 Å². The first-order chi connectivity index (χ1) is 12.0. The molecule has 2 aliphatic rings. The fourth-order valence-corrected chi connectivity index (χ4v) is 4.44. The lowest BCUT2D eigenvalue weighted by atomic mass is 9.75. The average Bonchev–Trinajstić information content (AvgIpc) is 3.01. The van der Waals surface area contributed by atoms with E-state index in [0.717, 1.165) is 36.2 Å². The van der Waals surface area contributed by atoms with E-state index >= 15 is 0 Å². The van der Waals surface area contributed by atoms with Crippen molar-refractivity contribution in [3.05, 3.63) is 41.6 Å². The van der Waals surface area contributed by atoms with Gasteiger partial charge in [-0.3, -0.25) is 9.69 Å². The molecule has 0 saturated carbocycles. The number of aromatic nitrogens is 1. The predicted octanol–water partition coefficient (Wildman–Crippen LogP) is 2.19.